The van der Waals surface area contributed by atoms with Crippen LogP contribution in [0.5, 0.6) is 0 Å². The fourth-order valence-electron chi connectivity index (χ4n) is 2.02. The van der Waals surface area contributed by atoms with E-state index in [1.165, 1.54) is 12.0 Å². The van der Waals surface area contributed by atoms with Crippen molar-refractivity contribution in [2.75, 3.05) is 13.7 Å². The molecule has 1 heterocycles. The van der Waals surface area contributed by atoms with Gasteiger partial charge in [0, 0.05) is 26.2 Å². The largest absolute Gasteiger partial charge is 0.467 e. The lowest BCUT2D eigenvalue weighted by molar-refractivity contribution is -0.146. The number of nitrogens with zero attached hydrogens (tertiary/aromatic N) is 3. The lowest BCUT2D eigenvalue weighted by Crippen LogP contribution is -2.48. The molecule has 0 aliphatic carbocycles. The van der Waals surface area contributed by atoms with Crippen molar-refractivity contribution in [3.63, 3.8) is 0 Å². The van der Waals surface area contributed by atoms with Gasteiger partial charge in [-0.1, -0.05) is 0 Å². The molecule has 0 aliphatic rings. The van der Waals surface area contributed by atoms with Crippen LogP contribution in [0, 0.1) is 0 Å². The van der Waals surface area contributed by atoms with Crippen molar-refractivity contribution in [1.29, 1.82) is 0 Å². The zero-order chi connectivity index (χ0) is 16.9. The number of likely N-dealkylation sites (N-methyl/N-ethyl adjacent to an activating group) is 1. The van der Waals surface area contributed by atoms with E-state index >= 15 is 0 Å². The van der Waals surface area contributed by atoms with Gasteiger partial charge in [0.05, 0.1) is 19.1 Å². The van der Waals surface area contributed by atoms with Crippen LogP contribution in [0.1, 0.15) is 33.4 Å². The Hall–Kier alpha value is -2.05. The summed E-state index contributed by atoms with van der Waals surface area (Å²) in [4.78, 5) is 30.0. The average Bonchev–Trinajstić information content (AvgIpc) is 2.81. The lowest BCUT2D eigenvalue weighted by atomic mass is 10.1. The van der Waals surface area contributed by atoms with Gasteiger partial charge >= 0.3 is 12.1 Å². The third-order valence-electron chi connectivity index (χ3n) is 2.98. The smallest absolute Gasteiger partial charge is 0.411 e. The molecule has 0 fully saturated rings. The van der Waals surface area contributed by atoms with Crippen LogP contribution < -0.4 is 0 Å². The molecule has 7 nitrogen and oxygen atoms in total. The fraction of sp³-hybridized carbons (Fsp3) is 0.667. The second-order valence-corrected chi connectivity index (χ2v) is 6.04. The van der Waals surface area contributed by atoms with Gasteiger partial charge in [-0.2, -0.15) is 0 Å². The summed E-state index contributed by atoms with van der Waals surface area (Å²) in [7, 11) is 3.14. The minimum absolute atomic E-state index is 0.278. The van der Waals surface area contributed by atoms with E-state index in [9.17, 15) is 9.59 Å². The van der Waals surface area contributed by atoms with Crippen molar-refractivity contribution in [3.8, 4) is 0 Å². The Bertz CT molecular complexity index is 519. The molecule has 1 aromatic rings. The van der Waals surface area contributed by atoms with Crippen LogP contribution >= 0.6 is 0 Å². The first-order valence-corrected chi connectivity index (χ1v) is 7.22. The molecule has 0 spiro atoms. The van der Waals surface area contributed by atoms with Gasteiger partial charge in [-0.25, -0.2) is 14.6 Å². The second-order valence-electron chi connectivity index (χ2n) is 6.04. The first kappa shape index (κ1) is 18.0. The van der Waals surface area contributed by atoms with E-state index in [1.807, 2.05) is 7.05 Å². The molecule has 0 radical (unpaired) electrons. The average molecular weight is 311 g/mol. The highest BCUT2D eigenvalue weighted by Gasteiger charge is 2.33. The fourth-order valence-corrected chi connectivity index (χ4v) is 2.02. The minimum Gasteiger partial charge on any atom is -0.467 e. The van der Waals surface area contributed by atoms with Crippen molar-refractivity contribution < 1.29 is 19.1 Å². The number of amides is 1. The third kappa shape index (κ3) is 5.05. The highest BCUT2D eigenvalue weighted by Crippen LogP contribution is 2.15. The number of methoxy groups -OCH3 is 1. The summed E-state index contributed by atoms with van der Waals surface area (Å²) in [6, 6.07) is -0.764. The van der Waals surface area contributed by atoms with E-state index in [0.29, 0.717) is 12.2 Å². The second kappa shape index (κ2) is 7.29. The monoisotopic (exact) mass is 311 g/mol. The van der Waals surface area contributed by atoms with Crippen molar-refractivity contribution in [2.24, 2.45) is 7.05 Å². The zero-order valence-electron chi connectivity index (χ0n) is 14.1. The number of esters is 1. The predicted octanol–water partition coefficient (Wildman–Crippen LogP) is 1.76. The first-order chi connectivity index (χ1) is 10.2. The normalized spacial score (nSPS) is 12.6. The minimum atomic E-state index is -0.764. The van der Waals surface area contributed by atoms with Crippen LogP contribution in [0.4, 0.5) is 4.79 Å². The number of carbonyl (C=O) groups is 2. The molecule has 0 aliphatic heterocycles. The summed E-state index contributed by atoms with van der Waals surface area (Å²) in [5.74, 6) is -0.488. The molecule has 0 N–H and O–H groups in total. The van der Waals surface area contributed by atoms with Crippen molar-refractivity contribution in [3.05, 3.63) is 18.2 Å². The first-order valence-electron chi connectivity index (χ1n) is 7.22. The van der Waals surface area contributed by atoms with Gasteiger partial charge in [-0.3, -0.25) is 4.90 Å². The number of aryl methyl sites for hydroxylation is 1. The van der Waals surface area contributed by atoms with Gasteiger partial charge in [0.15, 0.2) is 0 Å². The molecule has 0 saturated heterocycles. The number of carbonyl (C=O) groups excluding carboxylic acids is 2. The Kier molecular flexibility index (Phi) is 5.96. The SMILES string of the molecule is CCN(C(=O)OC(C)(C)C)[C@@H](Cc1cn(C)cn1)C(=O)OC. The highest BCUT2D eigenvalue weighted by atomic mass is 16.6. The number of imidazole rings is 1. The molecule has 1 aromatic heterocycles. The van der Waals surface area contributed by atoms with E-state index < -0.39 is 23.7 Å². The van der Waals surface area contributed by atoms with Crippen LogP contribution in [0.15, 0.2) is 12.5 Å². The maximum atomic E-state index is 12.3. The Balaban J connectivity index is 2.97. The third-order valence-corrected chi connectivity index (χ3v) is 2.98. The van der Waals surface area contributed by atoms with Crippen LogP contribution in [0.3, 0.4) is 0 Å². The van der Waals surface area contributed by atoms with Crippen molar-refractivity contribution >= 4 is 12.1 Å². The molecule has 22 heavy (non-hydrogen) atoms. The summed E-state index contributed by atoms with van der Waals surface area (Å²) < 4.78 is 12.0. The van der Waals surface area contributed by atoms with Gasteiger partial charge < -0.3 is 14.0 Å². The van der Waals surface area contributed by atoms with E-state index in [0.717, 1.165) is 0 Å². The number of ether oxygens (including phenoxy) is 2. The van der Waals surface area contributed by atoms with Gasteiger partial charge in [0.25, 0.3) is 0 Å². The number of rotatable bonds is 5. The quantitative estimate of drug-likeness (QED) is 0.775. The maximum Gasteiger partial charge on any atom is 0.411 e. The van der Waals surface area contributed by atoms with E-state index in [1.54, 1.807) is 44.8 Å². The molecule has 0 bridgehead atoms. The number of hydrogen-bond acceptors (Lipinski definition) is 5. The molecule has 7 heteroatoms. The lowest BCUT2D eigenvalue weighted by Gasteiger charge is -2.31. The molecular weight excluding hydrogens is 286 g/mol. The maximum absolute atomic E-state index is 12.3. The molecule has 0 aromatic carbocycles. The van der Waals surface area contributed by atoms with Crippen LogP contribution in [0.2, 0.25) is 0 Å². The zero-order valence-corrected chi connectivity index (χ0v) is 14.1. The van der Waals surface area contributed by atoms with Gasteiger partial charge in [-0.05, 0) is 27.7 Å². The Morgan fingerprint density at radius 1 is 1.41 bits per heavy atom. The summed E-state index contributed by atoms with van der Waals surface area (Å²) in [5, 5.41) is 0. The topological polar surface area (TPSA) is 73.7 Å². The van der Waals surface area contributed by atoms with E-state index in [2.05, 4.69) is 4.98 Å². The van der Waals surface area contributed by atoms with Crippen LogP contribution in [-0.2, 0) is 27.7 Å². The Morgan fingerprint density at radius 3 is 2.45 bits per heavy atom. The van der Waals surface area contributed by atoms with Crippen molar-refractivity contribution in [1.82, 2.24) is 14.5 Å². The Morgan fingerprint density at radius 2 is 2.05 bits per heavy atom. The molecule has 124 valence electrons. The summed E-state index contributed by atoms with van der Waals surface area (Å²) >= 11 is 0. The van der Waals surface area contributed by atoms with Gasteiger partial charge in [0.1, 0.15) is 11.6 Å². The highest BCUT2D eigenvalue weighted by molar-refractivity contribution is 5.81. The molecule has 1 atom stereocenters. The predicted molar refractivity (Wildman–Crippen MR) is 81.3 cm³/mol. The number of hydrogen-bond donors (Lipinski definition) is 0. The van der Waals surface area contributed by atoms with Gasteiger partial charge in [-0.15, -0.1) is 0 Å². The number of aromatic nitrogens is 2. The summed E-state index contributed by atoms with van der Waals surface area (Å²) in [5.41, 5.74) is 0.0794. The molecule has 1 amide bonds. The molecule has 0 saturated carbocycles. The summed E-state index contributed by atoms with van der Waals surface area (Å²) in [6.45, 7) is 7.47. The van der Waals surface area contributed by atoms with Crippen LogP contribution in [-0.4, -0.2) is 51.8 Å². The molecular formula is C15H25N3O4. The van der Waals surface area contributed by atoms with E-state index in [-0.39, 0.29) is 6.42 Å². The Labute approximate surface area is 131 Å². The van der Waals surface area contributed by atoms with Gasteiger partial charge in [0.2, 0.25) is 0 Å². The van der Waals surface area contributed by atoms with E-state index in [4.69, 9.17) is 9.47 Å². The standard InChI is InChI=1S/C15H25N3O4/c1-7-18(14(20)22-15(2,3)4)12(13(19)21-6)8-11-9-17(5)10-16-11/h9-10,12H,7-8H2,1-6H3/t12-/m0/s1. The van der Waals surface area contributed by atoms with Crippen molar-refractivity contribution in [2.45, 2.75) is 45.8 Å². The van der Waals surface area contributed by atoms with Crippen LogP contribution in [0.25, 0.3) is 0 Å². The molecule has 1 rings (SSSR count). The molecule has 0 unspecified atom stereocenters. The summed E-state index contributed by atoms with van der Waals surface area (Å²) in [6.07, 6.45) is 3.19.